The molecule has 2 N–H and O–H groups in total. The van der Waals surface area contributed by atoms with Crippen LogP contribution in [-0.4, -0.2) is 41.5 Å². The van der Waals surface area contributed by atoms with Crippen LogP contribution in [0.15, 0.2) is 12.4 Å². The zero-order valence-electron chi connectivity index (χ0n) is 11.7. The molecule has 0 aliphatic rings. The van der Waals surface area contributed by atoms with Crippen LogP contribution in [0.5, 0.6) is 0 Å². The number of nitrogens with zero attached hydrogens (tertiary/aromatic N) is 5. The molecule has 11 heteroatoms. The van der Waals surface area contributed by atoms with Crippen LogP contribution in [0.3, 0.4) is 0 Å². The fourth-order valence-electron chi connectivity index (χ4n) is 1.89. The molecule has 0 saturated heterocycles. The summed E-state index contributed by atoms with van der Waals surface area (Å²) in [4.78, 5) is 33.1. The van der Waals surface area contributed by atoms with Crippen molar-refractivity contribution in [2.24, 2.45) is 7.05 Å². The Kier molecular flexibility index (Phi) is 3.88. The standard InChI is InChI=1S/C11H12N6O5/c1-6-8(17(21)22)4-16(14-6)5-9(18)13-7-3-12-15(2)10(7)11(19)20/h3-4H,5H2,1-2H3,(H,13,18)(H,19,20). The minimum atomic E-state index is -1.24. The van der Waals surface area contributed by atoms with E-state index in [2.05, 4.69) is 15.5 Å². The fraction of sp³-hybridized carbons (Fsp3) is 0.273. The third-order valence-electron chi connectivity index (χ3n) is 2.84. The molecule has 0 radical (unpaired) electrons. The predicted octanol–water partition coefficient (Wildman–Crippen LogP) is 0.170. The second kappa shape index (κ2) is 5.63. The van der Waals surface area contributed by atoms with E-state index in [1.165, 1.54) is 20.2 Å². The highest BCUT2D eigenvalue weighted by atomic mass is 16.6. The van der Waals surface area contributed by atoms with E-state index in [0.717, 1.165) is 15.6 Å². The van der Waals surface area contributed by atoms with Crippen LogP contribution < -0.4 is 5.32 Å². The van der Waals surface area contributed by atoms with E-state index < -0.39 is 16.8 Å². The van der Waals surface area contributed by atoms with E-state index in [1.807, 2.05) is 0 Å². The number of aromatic nitrogens is 4. The van der Waals surface area contributed by atoms with Crippen molar-refractivity contribution in [2.75, 3.05) is 5.32 Å². The Bertz CT molecular complexity index is 761. The van der Waals surface area contributed by atoms with E-state index >= 15 is 0 Å². The van der Waals surface area contributed by atoms with Gasteiger partial charge in [-0.1, -0.05) is 0 Å². The predicted molar refractivity (Wildman–Crippen MR) is 72.4 cm³/mol. The maximum absolute atomic E-state index is 11.9. The number of carboxylic acid groups (broad SMARTS) is 1. The van der Waals surface area contributed by atoms with Crippen LogP contribution in [0.4, 0.5) is 11.4 Å². The van der Waals surface area contributed by atoms with Gasteiger partial charge in [-0.25, -0.2) is 4.79 Å². The van der Waals surface area contributed by atoms with Gasteiger partial charge in [0.05, 0.1) is 16.8 Å². The first kappa shape index (κ1) is 15.2. The van der Waals surface area contributed by atoms with Gasteiger partial charge in [0.2, 0.25) is 5.91 Å². The number of carboxylic acids is 1. The summed E-state index contributed by atoms with van der Waals surface area (Å²) in [6, 6.07) is 0. The lowest BCUT2D eigenvalue weighted by atomic mass is 10.3. The molecule has 2 rings (SSSR count). The Morgan fingerprint density at radius 2 is 2.18 bits per heavy atom. The summed E-state index contributed by atoms with van der Waals surface area (Å²) in [5, 5.41) is 29.7. The lowest BCUT2D eigenvalue weighted by Gasteiger charge is -2.04. The van der Waals surface area contributed by atoms with Crippen molar-refractivity contribution in [3.05, 3.63) is 33.9 Å². The van der Waals surface area contributed by atoms with Gasteiger partial charge in [-0.15, -0.1) is 0 Å². The van der Waals surface area contributed by atoms with Gasteiger partial charge in [0.25, 0.3) is 0 Å². The fourth-order valence-corrected chi connectivity index (χ4v) is 1.89. The van der Waals surface area contributed by atoms with Gasteiger partial charge >= 0.3 is 11.7 Å². The molecule has 22 heavy (non-hydrogen) atoms. The molecule has 2 heterocycles. The zero-order chi connectivity index (χ0) is 16.4. The van der Waals surface area contributed by atoms with Crippen LogP contribution >= 0.6 is 0 Å². The summed E-state index contributed by atoms with van der Waals surface area (Å²) in [5.41, 5.74) is -0.139. The van der Waals surface area contributed by atoms with Gasteiger partial charge in [0.15, 0.2) is 5.69 Å². The second-order valence-electron chi connectivity index (χ2n) is 4.44. The molecular weight excluding hydrogens is 296 g/mol. The smallest absolute Gasteiger partial charge is 0.356 e. The molecule has 2 aromatic heterocycles. The molecular formula is C11H12N6O5. The number of aromatic carboxylic acids is 1. The molecule has 0 aromatic carbocycles. The summed E-state index contributed by atoms with van der Waals surface area (Å²) >= 11 is 0. The highest BCUT2D eigenvalue weighted by Gasteiger charge is 2.20. The van der Waals surface area contributed by atoms with E-state index in [4.69, 9.17) is 5.11 Å². The Labute approximate surface area is 123 Å². The van der Waals surface area contributed by atoms with E-state index in [1.54, 1.807) is 0 Å². The minimum absolute atomic E-state index is 0.0402. The molecule has 0 unspecified atom stereocenters. The maximum atomic E-state index is 11.9. The zero-order valence-corrected chi connectivity index (χ0v) is 11.7. The Morgan fingerprint density at radius 3 is 2.73 bits per heavy atom. The first-order valence-electron chi connectivity index (χ1n) is 6.03. The highest BCUT2D eigenvalue weighted by molar-refractivity contribution is 5.99. The summed E-state index contributed by atoms with van der Waals surface area (Å²) in [7, 11) is 1.43. The van der Waals surface area contributed by atoms with Crippen LogP contribution in [0.2, 0.25) is 0 Å². The van der Waals surface area contributed by atoms with Crippen LogP contribution in [0.25, 0.3) is 0 Å². The lowest BCUT2D eigenvalue weighted by Crippen LogP contribution is -2.20. The highest BCUT2D eigenvalue weighted by Crippen LogP contribution is 2.16. The van der Waals surface area contributed by atoms with Crippen molar-refractivity contribution in [2.45, 2.75) is 13.5 Å². The monoisotopic (exact) mass is 308 g/mol. The van der Waals surface area contributed by atoms with Crippen LogP contribution in [0.1, 0.15) is 16.2 Å². The van der Waals surface area contributed by atoms with Gasteiger partial charge in [-0.3, -0.25) is 24.3 Å². The lowest BCUT2D eigenvalue weighted by molar-refractivity contribution is -0.385. The number of hydrogen-bond acceptors (Lipinski definition) is 6. The van der Waals surface area contributed by atoms with Crippen LogP contribution in [-0.2, 0) is 18.4 Å². The summed E-state index contributed by atoms with van der Waals surface area (Å²) < 4.78 is 2.22. The molecule has 0 aliphatic heterocycles. The average Bonchev–Trinajstić information content (AvgIpc) is 2.92. The Balaban J connectivity index is 2.12. The molecule has 116 valence electrons. The second-order valence-corrected chi connectivity index (χ2v) is 4.44. The first-order valence-corrected chi connectivity index (χ1v) is 6.03. The van der Waals surface area contributed by atoms with Gasteiger partial charge < -0.3 is 10.4 Å². The van der Waals surface area contributed by atoms with E-state index in [9.17, 15) is 19.7 Å². The maximum Gasteiger partial charge on any atom is 0.356 e. The van der Waals surface area contributed by atoms with Crippen molar-refractivity contribution in [3.63, 3.8) is 0 Å². The summed E-state index contributed by atoms with van der Waals surface area (Å²) in [6.07, 6.45) is 2.34. The molecule has 1 amide bonds. The van der Waals surface area contributed by atoms with Crippen molar-refractivity contribution in [1.82, 2.24) is 19.6 Å². The molecule has 0 bridgehead atoms. The Hall–Kier alpha value is -3.24. The number of carbonyl (C=O) groups excluding carboxylic acids is 1. The van der Waals surface area contributed by atoms with Gasteiger partial charge in [0, 0.05) is 7.05 Å². The van der Waals surface area contributed by atoms with Crippen molar-refractivity contribution in [3.8, 4) is 0 Å². The summed E-state index contributed by atoms with van der Waals surface area (Å²) in [6.45, 7) is 1.17. The molecule has 2 aromatic rings. The topological polar surface area (TPSA) is 145 Å². The first-order chi connectivity index (χ1) is 10.3. The van der Waals surface area contributed by atoms with E-state index in [-0.39, 0.29) is 29.3 Å². The van der Waals surface area contributed by atoms with Crippen molar-refractivity contribution >= 4 is 23.3 Å². The van der Waals surface area contributed by atoms with E-state index in [0.29, 0.717) is 0 Å². The third kappa shape index (κ3) is 2.92. The number of hydrogen-bond donors (Lipinski definition) is 2. The molecule has 0 spiro atoms. The van der Waals surface area contributed by atoms with Gasteiger partial charge in [-0.05, 0) is 6.92 Å². The molecule has 0 atom stereocenters. The molecule has 0 fully saturated rings. The molecule has 0 aliphatic carbocycles. The number of carbonyl (C=O) groups is 2. The largest absolute Gasteiger partial charge is 0.476 e. The van der Waals surface area contributed by atoms with Gasteiger partial charge in [-0.2, -0.15) is 10.2 Å². The number of nitrogens with one attached hydrogen (secondary N) is 1. The number of aryl methyl sites for hydroxylation is 2. The summed E-state index contributed by atoms with van der Waals surface area (Å²) in [5.74, 6) is -1.81. The quantitative estimate of drug-likeness (QED) is 0.591. The number of anilines is 1. The van der Waals surface area contributed by atoms with Gasteiger partial charge in [0.1, 0.15) is 18.4 Å². The number of amides is 1. The number of nitro groups is 1. The third-order valence-corrected chi connectivity index (χ3v) is 2.84. The normalized spacial score (nSPS) is 10.5. The van der Waals surface area contributed by atoms with Crippen LogP contribution in [0, 0.1) is 17.0 Å². The average molecular weight is 308 g/mol. The minimum Gasteiger partial charge on any atom is -0.476 e. The molecule has 11 nitrogen and oxygen atoms in total. The molecule has 0 saturated carbocycles. The SMILES string of the molecule is Cc1nn(CC(=O)Nc2cnn(C)c2C(=O)O)cc1[N+](=O)[O-]. The van der Waals surface area contributed by atoms with Crippen molar-refractivity contribution < 1.29 is 19.6 Å². The Morgan fingerprint density at radius 1 is 1.50 bits per heavy atom. The number of rotatable bonds is 5. The van der Waals surface area contributed by atoms with Crippen molar-refractivity contribution in [1.29, 1.82) is 0 Å².